The molecule has 3 heteroatoms. The fourth-order valence-electron chi connectivity index (χ4n) is 1.75. The van der Waals surface area contributed by atoms with Gasteiger partial charge < -0.3 is 10.6 Å². The number of nitrogens with zero attached hydrogens (tertiary/aromatic N) is 2. The molecule has 0 atom stereocenters. The van der Waals surface area contributed by atoms with Crippen LogP contribution in [-0.4, -0.2) is 25.1 Å². The molecular formula is C13H23N3. The van der Waals surface area contributed by atoms with Crippen molar-refractivity contribution >= 4 is 5.82 Å². The first-order chi connectivity index (χ1) is 7.42. The number of anilines is 1. The van der Waals surface area contributed by atoms with Crippen LogP contribution in [0, 0.1) is 5.41 Å². The molecule has 0 spiro atoms. The zero-order chi connectivity index (χ0) is 12.2. The fraction of sp³-hybridized carbons (Fsp3) is 0.615. The van der Waals surface area contributed by atoms with Crippen LogP contribution in [0.4, 0.5) is 5.82 Å². The Kier molecular flexibility index (Phi) is 4.30. The Morgan fingerprint density at radius 3 is 2.44 bits per heavy atom. The molecule has 0 amide bonds. The van der Waals surface area contributed by atoms with Gasteiger partial charge in [-0.15, -0.1) is 0 Å². The van der Waals surface area contributed by atoms with Gasteiger partial charge in [-0.1, -0.05) is 26.8 Å². The molecule has 1 rings (SSSR count). The van der Waals surface area contributed by atoms with Crippen LogP contribution in [0.25, 0.3) is 0 Å². The van der Waals surface area contributed by atoms with Crippen LogP contribution in [0.5, 0.6) is 0 Å². The number of hydrogen-bond acceptors (Lipinski definition) is 3. The molecule has 1 aromatic rings. The third-order valence-corrected chi connectivity index (χ3v) is 2.34. The zero-order valence-electron chi connectivity index (χ0n) is 10.8. The van der Waals surface area contributed by atoms with E-state index in [2.05, 4.69) is 49.8 Å². The summed E-state index contributed by atoms with van der Waals surface area (Å²) in [5.41, 5.74) is 6.99. The molecular weight excluding hydrogens is 198 g/mol. The minimum Gasteiger partial charge on any atom is -0.359 e. The van der Waals surface area contributed by atoms with E-state index in [1.165, 1.54) is 5.56 Å². The molecule has 0 aliphatic heterocycles. The Morgan fingerprint density at radius 1 is 1.31 bits per heavy atom. The van der Waals surface area contributed by atoms with Gasteiger partial charge in [0.05, 0.1) is 0 Å². The Balaban J connectivity index is 2.66. The molecule has 0 bridgehead atoms. The molecule has 0 unspecified atom stereocenters. The highest BCUT2D eigenvalue weighted by Gasteiger charge is 2.14. The molecule has 16 heavy (non-hydrogen) atoms. The SMILES string of the molecule is CN(CC(C)(C)C)c1ccc(CCN)cn1. The zero-order valence-corrected chi connectivity index (χ0v) is 10.8. The third-order valence-electron chi connectivity index (χ3n) is 2.34. The van der Waals surface area contributed by atoms with Gasteiger partial charge in [0.2, 0.25) is 0 Å². The molecule has 1 heterocycles. The highest BCUT2D eigenvalue weighted by molar-refractivity contribution is 5.38. The molecule has 1 aromatic heterocycles. The van der Waals surface area contributed by atoms with Gasteiger partial charge in [-0.2, -0.15) is 0 Å². The van der Waals surface area contributed by atoms with Crippen LogP contribution in [0.3, 0.4) is 0 Å². The first-order valence-corrected chi connectivity index (χ1v) is 5.78. The molecule has 0 fully saturated rings. The maximum Gasteiger partial charge on any atom is 0.128 e. The number of hydrogen-bond donors (Lipinski definition) is 1. The van der Waals surface area contributed by atoms with Gasteiger partial charge in [0.1, 0.15) is 5.82 Å². The van der Waals surface area contributed by atoms with Crippen molar-refractivity contribution in [3.63, 3.8) is 0 Å². The van der Waals surface area contributed by atoms with E-state index in [1.54, 1.807) is 0 Å². The number of aromatic nitrogens is 1. The van der Waals surface area contributed by atoms with E-state index in [0.717, 1.165) is 18.8 Å². The van der Waals surface area contributed by atoms with Crippen LogP contribution in [0.2, 0.25) is 0 Å². The summed E-state index contributed by atoms with van der Waals surface area (Å²) in [6, 6.07) is 4.17. The molecule has 3 nitrogen and oxygen atoms in total. The van der Waals surface area contributed by atoms with Gasteiger partial charge in [-0.3, -0.25) is 0 Å². The number of nitrogens with two attached hydrogens (primary N) is 1. The van der Waals surface area contributed by atoms with Crippen molar-refractivity contribution in [2.75, 3.05) is 25.0 Å². The second-order valence-corrected chi connectivity index (χ2v) is 5.48. The second-order valence-electron chi connectivity index (χ2n) is 5.48. The molecule has 0 radical (unpaired) electrons. The quantitative estimate of drug-likeness (QED) is 0.846. The van der Waals surface area contributed by atoms with E-state index in [-0.39, 0.29) is 5.41 Å². The first-order valence-electron chi connectivity index (χ1n) is 5.78. The normalized spacial score (nSPS) is 11.6. The van der Waals surface area contributed by atoms with Crippen LogP contribution in [0.15, 0.2) is 18.3 Å². The maximum absolute atomic E-state index is 5.50. The number of rotatable bonds is 4. The van der Waals surface area contributed by atoms with Gasteiger partial charge in [-0.25, -0.2) is 4.98 Å². The average Bonchev–Trinajstić information content (AvgIpc) is 2.16. The standard InChI is InChI=1S/C13H23N3/c1-13(2,3)10-16(4)12-6-5-11(7-8-14)9-15-12/h5-6,9H,7-8,10,14H2,1-4H3. The second kappa shape index (κ2) is 5.30. The van der Waals surface area contributed by atoms with E-state index in [1.807, 2.05) is 6.20 Å². The summed E-state index contributed by atoms with van der Waals surface area (Å²) in [4.78, 5) is 6.64. The summed E-state index contributed by atoms with van der Waals surface area (Å²) in [7, 11) is 2.08. The van der Waals surface area contributed by atoms with Crippen molar-refractivity contribution in [1.29, 1.82) is 0 Å². The van der Waals surface area contributed by atoms with Gasteiger partial charge >= 0.3 is 0 Å². The monoisotopic (exact) mass is 221 g/mol. The third kappa shape index (κ3) is 4.19. The van der Waals surface area contributed by atoms with Crippen LogP contribution in [-0.2, 0) is 6.42 Å². The molecule has 0 aromatic carbocycles. The van der Waals surface area contributed by atoms with Crippen LogP contribution >= 0.6 is 0 Å². The van der Waals surface area contributed by atoms with Crippen molar-refractivity contribution in [3.8, 4) is 0 Å². The van der Waals surface area contributed by atoms with Gasteiger partial charge in [0.15, 0.2) is 0 Å². The van der Waals surface area contributed by atoms with Crippen molar-refractivity contribution < 1.29 is 0 Å². The van der Waals surface area contributed by atoms with Gasteiger partial charge in [0.25, 0.3) is 0 Å². The molecule has 0 saturated carbocycles. The van der Waals surface area contributed by atoms with Crippen molar-refractivity contribution in [2.24, 2.45) is 11.1 Å². The summed E-state index contributed by atoms with van der Waals surface area (Å²) >= 11 is 0. The Labute approximate surface area is 98.7 Å². The van der Waals surface area contributed by atoms with E-state index in [9.17, 15) is 0 Å². The summed E-state index contributed by atoms with van der Waals surface area (Å²) < 4.78 is 0. The Morgan fingerprint density at radius 2 is 2.00 bits per heavy atom. The van der Waals surface area contributed by atoms with Crippen molar-refractivity contribution in [2.45, 2.75) is 27.2 Å². The highest BCUT2D eigenvalue weighted by atomic mass is 15.2. The summed E-state index contributed by atoms with van der Waals surface area (Å²) in [6.07, 6.45) is 2.82. The lowest BCUT2D eigenvalue weighted by atomic mass is 9.96. The highest BCUT2D eigenvalue weighted by Crippen LogP contribution is 2.18. The molecule has 0 aliphatic carbocycles. The lowest BCUT2D eigenvalue weighted by Gasteiger charge is -2.27. The smallest absolute Gasteiger partial charge is 0.128 e. The van der Waals surface area contributed by atoms with Crippen LogP contribution in [0.1, 0.15) is 26.3 Å². The van der Waals surface area contributed by atoms with E-state index < -0.39 is 0 Å². The molecule has 90 valence electrons. The Hall–Kier alpha value is -1.09. The maximum atomic E-state index is 5.50. The number of pyridine rings is 1. The predicted molar refractivity (Wildman–Crippen MR) is 69.7 cm³/mol. The van der Waals surface area contributed by atoms with E-state index in [4.69, 9.17) is 5.73 Å². The molecule has 0 aliphatic rings. The minimum atomic E-state index is 0.284. The van der Waals surface area contributed by atoms with Gasteiger partial charge in [0, 0.05) is 19.8 Å². The summed E-state index contributed by atoms with van der Waals surface area (Å²) in [5, 5.41) is 0. The topological polar surface area (TPSA) is 42.1 Å². The van der Waals surface area contributed by atoms with E-state index >= 15 is 0 Å². The Bertz CT molecular complexity index is 311. The van der Waals surface area contributed by atoms with Crippen molar-refractivity contribution in [3.05, 3.63) is 23.9 Å². The fourth-order valence-corrected chi connectivity index (χ4v) is 1.75. The van der Waals surface area contributed by atoms with Gasteiger partial charge in [-0.05, 0) is 30.0 Å². The summed E-state index contributed by atoms with van der Waals surface area (Å²) in [6.45, 7) is 8.36. The molecule has 2 N–H and O–H groups in total. The van der Waals surface area contributed by atoms with Crippen molar-refractivity contribution in [1.82, 2.24) is 4.98 Å². The average molecular weight is 221 g/mol. The molecule has 0 saturated heterocycles. The lowest BCUT2D eigenvalue weighted by Crippen LogP contribution is -2.29. The lowest BCUT2D eigenvalue weighted by molar-refractivity contribution is 0.418. The first kappa shape index (κ1) is 13.0. The minimum absolute atomic E-state index is 0.284. The summed E-state index contributed by atoms with van der Waals surface area (Å²) in [5.74, 6) is 1.02. The largest absolute Gasteiger partial charge is 0.359 e. The predicted octanol–water partition coefficient (Wildman–Crippen LogP) is 2.07. The van der Waals surface area contributed by atoms with E-state index in [0.29, 0.717) is 6.54 Å². The van der Waals surface area contributed by atoms with Crippen LogP contribution < -0.4 is 10.6 Å².